The second-order valence-electron chi connectivity index (χ2n) is 13.1. The topological polar surface area (TPSA) is 40.5 Å². The molecule has 0 aliphatic heterocycles. The van der Waals surface area contributed by atoms with Gasteiger partial charge in [0.25, 0.3) is 0 Å². The lowest BCUT2D eigenvalue weighted by molar-refractivity contribution is 0.411. The van der Waals surface area contributed by atoms with E-state index in [0.717, 1.165) is 11.1 Å². The van der Waals surface area contributed by atoms with Gasteiger partial charge in [-0.1, -0.05) is 91.8 Å². The Balaban J connectivity index is 1.82. The third-order valence-electron chi connectivity index (χ3n) is 8.18. The van der Waals surface area contributed by atoms with Gasteiger partial charge in [0.05, 0.1) is 0 Å². The smallest absolute Gasteiger partial charge is 0.119 e. The highest BCUT2D eigenvalue weighted by atomic mass is 32.2. The van der Waals surface area contributed by atoms with E-state index < -0.39 is 0 Å². The lowest BCUT2D eigenvalue weighted by Crippen LogP contribution is -2.16. The van der Waals surface area contributed by atoms with Crippen LogP contribution in [-0.4, -0.2) is 10.2 Å². The molecular weight excluding hydrogens is 448 g/mol. The molecule has 192 valence electrons. The monoisotopic (exact) mass is 494 g/mol. The summed E-state index contributed by atoms with van der Waals surface area (Å²) in [5.41, 5.74) is 4.51. The minimum atomic E-state index is -0.0735. The molecule has 2 aliphatic rings. The summed E-state index contributed by atoms with van der Waals surface area (Å²) in [6.45, 7) is 13.4. The molecule has 35 heavy (non-hydrogen) atoms. The number of rotatable bonds is 4. The van der Waals surface area contributed by atoms with Gasteiger partial charge < -0.3 is 10.2 Å². The first-order valence-electron chi connectivity index (χ1n) is 13.9. The predicted molar refractivity (Wildman–Crippen MR) is 149 cm³/mol. The Morgan fingerprint density at radius 2 is 0.914 bits per heavy atom. The maximum Gasteiger partial charge on any atom is 0.119 e. The van der Waals surface area contributed by atoms with Gasteiger partial charge in [0.15, 0.2) is 0 Å². The largest absolute Gasteiger partial charge is 0.508 e. The van der Waals surface area contributed by atoms with Crippen LogP contribution in [0.5, 0.6) is 11.5 Å². The fourth-order valence-electron chi connectivity index (χ4n) is 6.11. The second kappa shape index (κ2) is 10.4. The van der Waals surface area contributed by atoms with E-state index in [4.69, 9.17) is 0 Å². The lowest BCUT2D eigenvalue weighted by atomic mass is 9.80. The van der Waals surface area contributed by atoms with Crippen LogP contribution in [0.25, 0.3) is 0 Å². The molecular formula is C32H46O2S. The molecule has 4 rings (SSSR count). The Kier molecular flexibility index (Phi) is 7.86. The van der Waals surface area contributed by atoms with Gasteiger partial charge in [-0.3, -0.25) is 0 Å². The molecule has 2 aromatic carbocycles. The average Bonchev–Trinajstić information content (AvgIpc) is 2.80. The van der Waals surface area contributed by atoms with Crippen LogP contribution in [0.1, 0.15) is 140 Å². The Bertz CT molecular complexity index is 945. The quantitative estimate of drug-likeness (QED) is 0.444. The zero-order chi connectivity index (χ0) is 25.4. The Morgan fingerprint density at radius 3 is 1.23 bits per heavy atom. The van der Waals surface area contributed by atoms with Crippen molar-refractivity contribution in [2.24, 2.45) is 0 Å². The van der Waals surface area contributed by atoms with Crippen molar-refractivity contribution >= 4 is 11.8 Å². The first-order chi connectivity index (χ1) is 16.4. The van der Waals surface area contributed by atoms with Crippen molar-refractivity contribution in [3.63, 3.8) is 0 Å². The molecule has 2 N–H and O–H groups in total. The molecule has 0 unspecified atom stereocenters. The maximum absolute atomic E-state index is 11.1. The fraction of sp³-hybridized carbons (Fsp3) is 0.625. The molecule has 2 saturated carbocycles. The molecule has 2 aliphatic carbocycles. The van der Waals surface area contributed by atoms with E-state index in [1.165, 1.54) is 85.1 Å². The van der Waals surface area contributed by atoms with Crippen LogP contribution in [0.3, 0.4) is 0 Å². The van der Waals surface area contributed by atoms with Crippen LogP contribution >= 0.6 is 11.8 Å². The molecule has 0 amide bonds. The molecule has 2 nitrogen and oxygen atoms in total. The Labute approximate surface area is 217 Å². The summed E-state index contributed by atoms with van der Waals surface area (Å²) in [6, 6.07) is 8.70. The van der Waals surface area contributed by atoms with Crippen molar-refractivity contribution in [1.82, 2.24) is 0 Å². The van der Waals surface area contributed by atoms with Gasteiger partial charge >= 0.3 is 0 Å². The van der Waals surface area contributed by atoms with E-state index in [2.05, 4.69) is 53.7 Å². The second-order valence-corrected chi connectivity index (χ2v) is 14.2. The molecule has 0 bridgehead atoms. The van der Waals surface area contributed by atoms with Crippen LogP contribution in [0.2, 0.25) is 0 Å². The van der Waals surface area contributed by atoms with E-state index in [1.54, 1.807) is 0 Å². The van der Waals surface area contributed by atoms with Gasteiger partial charge in [0.2, 0.25) is 0 Å². The Morgan fingerprint density at radius 1 is 0.571 bits per heavy atom. The predicted octanol–water partition coefficient (Wildman–Crippen LogP) is 9.94. The van der Waals surface area contributed by atoms with E-state index >= 15 is 0 Å². The summed E-state index contributed by atoms with van der Waals surface area (Å²) in [7, 11) is 0. The number of hydrogen-bond donors (Lipinski definition) is 2. The zero-order valence-corrected chi connectivity index (χ0v) is 23.7. The highest BCUT2D eigenvalue weighted by Gasteiger charge is 2.28. The normalized spacial score (nSPS) is 18.7. The molecule has 0 heterocycles. The minimum absolute atomic E-state index is 0.0735. The van der Waals surface area contributed by atoms with Crippen molar-refractivity contribution in [3.05, 3.63) is 46.5 Å². The molecule has 2 fully saturated rings. The molecule has 0 spiro atoms. The molecule has 2 aromatic rings. The summed E-state index contributed by atoms with van der Waals surface area (Å²) < 4.78 is 0. The van der Waals surface area contributed by atoms with Crippen molar-refractivity contribution in [1.29, 1.82) is 0 Å². The number of hydrogen-bond acceptors (Lipinski definition) is 3. The van der Waals surface area contributed by atoms with Gasteiger partial charge in [-0.15, -0.1) is 0 Å². The van der Waals surface area contributed by atoms with E-state index in [9.17, 15) is 10.2 Å². The van der Waals surface area contributed by atoms with E-state index in [-0.39, 0.29) is 10.8 Å². The van der Waals surface area contributed by atoms with Gasteiger partial charge in [0.1, 0.15) is 11.5 Å². The van der Waals surface area contributed by atoms with Crippen LogP contribution in [-0.2, 0) is 10.8 Å². The number of phenolic OH excluding ortho intramolecular Hbond substituents is 2. The summed E-state index contributed by atoms with van der Waals surface area (Å²) in [5, 5.41) is 22.2. The third-order valence-corrected chi connectivity index (χ3v) is 9.30. The molecule has 0 saturated heterocycles. The van der Waals surface area contributed by atoms with E-state index in [1.807, 2.05) is 23.9 Å². The van der Waals surface area contributed by atoms with Gasteiger partial charge in [-0.25, -0.2) is 0 Å². The summed E-state index contributed by atoms with van der Waals surface area (Å²) in [5.74, 6) is 1.85. The van der Waals surface area contributed by atoms with Crippen LogP contribution in [0.4, 0.5) is 0 Å². The van der Waals surface area contributed by atoms with E-state index in [0.29, 0.717) is 23.3 Å². The third kappa shape index (κ3) is 6.04. The molecule has 0 aromatic heterocycles. The minimum Gasteiger partial charge on any atom is -0.508 e. The first kappa shape index (κ1) is 26.5. The summed E-state index contributed by atoms with van der Waals surface area (Å²) >= 11 is 1.85. The molecule has 0 radical (unpaired) electrons. The number of benzene rings is 2. The van der Waals surface area contributed by atoms with Crippen molar-refractivity contribution < 1.29 is 10.2 Å². The standard InChI is InChI=1S/C32H46O2S/c1-31(2,3)25-19-27(33)23(21-13-9-7-10-14-21)17-29(25)35-30-18-24(22-15-11-8-12-16-22)28(34)20-26(30)32(4,5)6/h17-22,33-34H,7-16H2,1-6H3. The highest BCUT2D eigenvalue weighted by molar-refractivity contribution is 7.99. The lowest BCUT2D eigenvalue weighted by Gasteiger charge is -2.30. The summed E-state index contributed by atoms with van der Waals surface area (Å²) in [6.07, 6.45) is 12.3. The SMILES string of the molecule is CC(C)(C)c1cc(O)c(C2CCCCC2)cc1Sc1cc(C2CCCCC2)c(O)cc1C(C)(C)C. The highest BCUT2D eigenvalue weighted by Crippen LogP contribution is 2.48. The first-order valence-corrected chi connectivity index (χ1v) is 14.7. The van der Waals surface area contributed by atoms with Crippen LogP contribution < -0.4 is 0 Å². The zero-order valence-electron chi connectivity index (χ0n) is 22.8. The fourth-order valence-corrected chi connectivity index (χ4v) is 7.67. The van der Waals surface area contributed by atoms with Crippen LogP contribution in [0, 0.1) is 0 Å². The van der Waals surface area contributed by atoms with Gasteiger partial charge in [-0.2, -0.15) is 0 Å². The number of phenols is 2. The van der Waals surface area contributed by atoms with Crippen LogP contribution in [0.15, 0.2) is 34.1 Å². The van der Waals surface area contributed by atoms with Crippen molar-refractivity contribution in [3.8, 4) is 11.5 Å². The van der Waals surface area contributed by atoms with Crippen molar-refractivity contribution in [2.75, 3.05) is 0 Å². The van der Waals surface area contributed by atoms with Gasteiger partial charge in [-0.05, 0) is 94.9 Å². The van der Waals surface area contributed by atoms with Crippen molar-refractivity contribution in [2.45, 2.75) is 138 Å². The summed E-state index contributed by atoms with van der Waals surface area (Å²) in [4.78, 5) is 2.50. The Hall–Kier alpha value is -1.61. The average molecular weight is 495 g/mol. The molecule has 0 atom stereocenters. The maximum atomic E-state index is 11.1. The van der Waals surface area contributed by atoms with Gasteiger partial charge in [0, 0.05) is 9.79 Å². The molecule has 3 heteroatoms. The number of aromatic hydroxyl groups is 2.